The highest BCUT2D eigenvalue weighted by atomic mass is 79.9. The minimum atomic E-state index is -0.0711. The molecule has 0 spiro atoms. The molecule has 1 aliphatic heterocycles. The van der Waals surface area contributed by atoms with E-state index in [9.17, 15) is 9.59 Å². The third kappa shape index (κ3) is 6.00. The quantitative estimate of drug-likeness (QED) is 0.559. The van der Waals surface area contributed by atoms with E-state index in [1.807, 2.05) is 30.0 Å². The van der Waals surface area contributed by atoms with Crippen molar-refractivity contribution in [3.05, 3.63) is 58.1 Å². The summed E-state index contributed by atoms with van der Waals surface area (Å²) in [6.45, 7) is 4.57. The summed E-state index contributed by atoms with van der Waals surface area (Å²) >= 11 is 3.47. The molecule has 1 saturated heterocycles. The largest absolute Gasteiger partial charge is 0.493 e. The zero-order chi connectivity index (χ0) is 22.2. The fourth-order valence-electron chi connectivity index (χ4n) is 3.72. The average Bonchev–Trinajstić information content (AvgIpc) is 2.80. The van der Waals surface area contributed by atoms with Crippen LogP contribution >= 0.6 is 15.9 Å². The normalized spacial score (nSPS) is 13.8. The monoisotopic (exact) mass is 488 g/mol. The molecule has 0 aliphatic carbocycles. The van der Waals surface area contributed by atoms with Crippen molar-refractivity contribution in [2.45, 2.75) is 26.2 Å². The fraction of sp³-hybridized carbons (Fsp3) is 0.417. The Bertz CT molecular complexity index is 896. The van der Waals surface area contributed by atoms with Crippen molar-refractivity contribution in [3.8, 4) is 11.5 Å². The van der Waals surface area contributed by atoms with Gasteiger partial charge in [0.1, 0.15) is 0 Å². The van der Waals surface area contributed by atoms with E-state index < -0.39 is 0 Å². The zero-order valence-corrected chi connectivity index (χ0v) is 19.7. The molecule has 7 heteroatoms. The number of amides is 2. The Labute approximate surface area is 192 Å². The van der Waals surface area contributed by atoms with Gasteiger partial charge >= 0.3 is 0 Å². The Balaban J connectivity index is 1.52. The van der Waals surface area contributed by atoms with Gasteiger partial charge in [0.25, 0.3) is 5.91 Å². The molecule has 2 aromatic rings. The van der Waals surface area contributed by atoms with Crippen LogP contribution in [-0.4, -0.2) is 61.5 Å². The van der Waals surface area contributed by atoms with E-state index in [-0.39, 0.29) is 11.8 Å². The SMILES string of the molecule is CCOc1c(Br)cc(C(=O)N2CCN(C(=O)CCCc3ccccc3)CC2)cc1OC. The first kappa shape index (κ1) is 23.1. The maximum atomic E-state index is 13.0. The number of ether oxygens (including phenoxy) is 2. The maximum absolute atomic E-state index is 13.0. The predicted octanol–water partition coefficient (Wildman–Crippen LogP) is 4.16. The number of carbonyl (C=O) groups is 2. The van der Waals surface area contributed by atoms with Crippen LogP contribution in [0.25, 0.3) is 0 Å². The van der Waals surface area contributed by atoms with E-state index >= 15 is 0 Å². The number of benzene rings is 2. The van der Waals surface area contributed by atoms with E-state index in [0.29, 0.717) is 60.7 Å². The standard InChI is InChI=1S/C24H29BrN2O4/c1-3-31-23-20(25)16-19(17-21(23)30-2)24(29)27-14-12-26(13-15-27)22(28)11-7-10-18-8-5-4-6-9-18/h4-6,8-9,16-17H,3,7,10-15H2,1-2H3. The van der Waals surface area contributed by atoms with Crippen molar-refractivity contribution < 1.29 is 19.1 Å². The van der Waals surface area contributed by atoms with Gasteiger partial charge in [0.15, 0.2) is 11.5 Å². The van der Waals surface area contributed by atoms with Crippen LogP contribution in [0.15, 0.2) is 46.9 Å². The summed E-state index contributed by atoms with van der Waals surface area (Å²) in [5, 5.41) is 0. The lowest BCUT2D eigenvalue weighted by Gasteiger charge is -2.35. The number of hydrogen-bond donors (Lipinski definition) is 0. The molecule has 0 saturated carbocycles. The molecular formula is C24H29BrN2O4. The molecule has 1 fully saturated rings. The van der Waals surface area contributed by atoms with Crippen LogP contribution in [0.2, 0.25) is 0 Å². The van der Waals surface area contributed by atoms with Crippen LogP contribution in [0, 0.1) is 0 Å². The minimum absolute atomic E-state index is 0.0711. The highest BCUT2D eigenvalue weighted by Crippen LogP contribution is 2.37. The van der Waals surface area contributed by atoms with Gasteiger partial charge < -0.3 is 19.3 Å². The fourth-order valence-corrected chi connectivity index (χ4v) is 4.27. The van der Waals surface area contributed by atoms with Crippen molar-refractivity contribution in [1.29, 1.82) is 0 Å². The molecule has 2 amide bonds. The van der Waals surface area contributed by atoms with Crippen molar-refractivity contribution in [3.63, 3.8) is 0 Å². The summed E-state index contributed by atoms with van der Waals surface area (Å²) in [6, 6.07) is 13.7. The van der Waals surface area contributed by atoms with E-state index in [1.54, 1.807) is 24.1 Å². The number of carbonyl (C=O) groups excluding carboxylic acids is 2. The van der Waals surface area contributed by atoms with Gasteiger partial charge in [0.2, 0.25) is 5.91 Å². The second kappa shape index (κ2) is 11.2. The van der Waals surface area contributed by atoms with Crippen molar-refractivity contribution in [1.82, 2.24) is 9.80 Å². The molecule has 0 radical (unpaired) electrons. The number of nitrogens with zero attached hydrogens (tertiary/aromatic N) is 2. The average molecular weight is 489 g/mol. The lowest BCUT2D eigenvalue weighted by Crippen LogP contribution is -2.50. The molecule has 31 heavy (non-hydrogen) atoms. The minimum Gasteiger partial charge on any atom is -0.493 e. The second-order valence-corrected chi connectivity index (χ2v) is 8.29. The molecule has 0 N–H and O–H groups in total. The Morgan fingerprint density at radius 1 is 1.03 bits per heavy atom. The lowest BCUT2D eigenvalue weighted by molar-refractivity contribution is -0.132. The number of piperazine rings is 1. The second-order valence-electron chi connectivity index (χ2n) is 7.43. The van der Waals surface area contributed by atoms with E-state index in [1.165, 1.54) is 5.56 Å². The highest BCUT2D eigenvalue weighted by Gasteiger charge is 2.26. The molecule has 0 atom stereocenters. The first-order valence-electron chi connectivity index (χ1n) is 10.6. The number of aryl methyl sites for hydroxylation is 1. The molecule has 0 aromatic heterocycles. The van der Waals surface area contributed by atoms with Gasteiger partial charge in [-0.3, -0.25) is 9.59 Å². The first-order valence-corrected chi connectivity index (χ1v) is 11.4. The Hall–Kier alpha value is -2.54. The zero-order valence-electron chi connectivity index (χ0n) is 18.1. The van der Waals surface area contributed by atoms with Crippen LogP contribution in [0.4, 0.5) is 0 Å². The summed E-state index contributed by atoms with van der Waals surface area (Å²) in [5.74, 6) is 1.20. The highest BCUT2D eigenvalue weighted by molar-refractivity contribution is 9.10. The molecule has 1 aliphatic rings. The van der Waals surface area contributed by atoms with E-state index in [2.05, 4.69) is 28.1 Å². The molecule has 2 aromatic carbocycles. The summed E-state index contributed by atoms with van der Waals surface area (Å²) in [7, 11) is 1.56. The molecule has 166 valence electrons. The summed E-state index contributed by atoms with van der Waals surface area (Å²) < 4.78 is 11.7. The van der Waals surface area contributed by atoms with Gasteiger partial charge in [-0.2, -0.15) is 0 Å². The Morgan fingerprint density at radius 3 is 2.35 bits per heavy atom. The molecule has 6 nitrogen and oxygen atoms in total. The van der Waals surface area contributed by atoms with Crippen LogP contribution < -0.4 is 9.47 Å². The van der Waals surface area contributed by atoms with Crippen LogP contribution in [-0.2, 0) is 11.2 Å². The van der Waals surface area contributed by atoms with Gasteiger partial charge in [-0.1, -0.05) is 30.3 Å². The number of methoxy groups -OCH3 is 1. The summed E-state index contributed by atoms with van der Waals surface area (Å²) in [4.78, 5) is 29.2. The third-order valence-corrected chi connectivity index (χ3v) is 5.97. The third-order valence-electron chi connectivity index (χ3n) is 5.38. The van der Waals surface area contributed by atoms with Gasteiger partial charge in [-0.15, -0.1) is 0 Å². The van der Waals surface area contributed by atoms with Crippen molar-refractivity contribution >= 4 is 27.7 Å². The molecule has 0 unspecified atom stereocenters. The predicted molar refractivity (Wildman–Crippen MR) is 124 cm³/mol. The maximum Gasteiger partial charge on any atom is 0.254 e. The van der Waals surface area contributed by atoms with Crippen LogP contribution in [0.5, 0.6) is 11.5 Å². The van der Waals surface area contributed by atoms with E-state index in [4.69, 9.17) is 9.47 Å². The van der Waals surface area contributed by atoms with Crippen molar-refractivity contribution in [2.24, 2.45) is 0 Å². The molecule has 0 bridgehead atoms. The summed E-state index contributed by atoms with van der Waals surface area (Å²) in [6.07, 6.45) is 2.27. The van der Waals surface area contributed by atoms with Gasteiger partial charge in [-0.25, -0.2) is 0 Å². The van der Waals surface area contributed by atoms with Crippen LogP contribution in [0.3, 0.4) is 0 Å². The van der Waals surface area contributed by atoms with E-state index in [0.717, 1.165) is 12.8 Å². The Morgan fingerprint density at radius 2 is 1.71 bits per heavy atom. The molecule has 1 heterocycles. The molecule has 3 rings (SSSR count). The topological polar surface area (TPSA) is 59.1 Å². The number of hydrogen-bond acceptors (Lipinski definition) is 4. The summed E-state index contributed by atoms with van der Waals surface area (Å²) in [5.41, 5.74) is 1.79. The van der Waals surface area contributed by atoms with Crippen LogP contribution in [0.1, 0.15) is 35.7 Å². The van der Waals surface area contributed by atoms with Crippen molar-refractivity contribution in [2.75, 3.05) is 39.9 Å². The van der Waals surface area contributed by atoms with Gasteiger partial charge in [0, 0.05) is 38.2 Å². The van der Waals surface area contributed by atoms with Gasteiger partial charge in [-0.05, 0) is 53.4 Å². The smallest absolute Gasteiger partial charge is 0.254 e. The first-order chi connectivity index (χ1) is 15.0. The Kier molecular flexibility index (Phi) is 8.35. The lowest BCUT2D eigenvalue weighted by atomic mass is 10.1. The number of halogens is 1. The number of rotatable bonds is 8. The molecular weight excluding hydrogens is 460 g/mol. The van der Waals surface area contributed by atoms with Gasteiger partial charge in [0.05, 0.1) is 18.2 Å².